The van der Waals surface area contributed by atoms with Gasteiger partial charge in [-0.15, -0.1) is 24.0 Å². The molecular formula is C25H40IN5O2. The zero-order valence-electron chi connectivity index (χ0n) is 20.5. The van der Waals surface area contributed by atoms with E-state index in [1.165, 1.54) is 5.56 Å². The highest BCUT2D eigenvalue weighted by atomic mass is 127. The first-order valence-electron chi connectivity index (χ1n) is 11.7. The van der Waals surface area contributed by atoms with Crippen molar-refractivity contribution in [3.05, 3.63) is 53.7 Å². The summed E-state index contributed by atoms with van der Waals surface area (Å²) < 4.78 is 11.9. The Morgan fingerprint density at radius 2 is 1.91 bits per heavy atom. The predicted molar refractivity (Wildman–Crippen MR) is 144 cm³/mol. The van der Waals surface area contributed by atoms with Gasteiger partial charge in [-0.2, -0.15) is 0 Å². The number of benzene rings is 1. The van der Waals surface area contributed by atoms with Gasteiger partial charge in [0.1, 0.15) is 5.76 Å². The fraction of sp³-hybridized carbons (Fsp3) is 0.600. The van der Waals surface area contributed by atoms with E-state index >= 15 is 0 Å². The Morgan fingerprint density at radius 1 is 1.18 bits per heavy atom. The third kappa shape index (κ3) is 9.62. The minimum Gasteiger partial charge on any atom is -0.443 e. The number of ether oxygens (including phenoxy) is 1. The molecule has 0 bridgehead atoms. The van der Waals surface area contributed by atoms with E-state index in [2.05, 4.69) is 76.6 Å². The molecule has 0 atom stereocenters. The molecule has 0 aliphatic carbocycles. The molecule has 1 aromatic carbocycles. The quantitative estimate of drug-likeness (QED) is 0.203. The Kier molecular flexibility index (Phi) is 11.6. The molecule has 0 amide bonds. The van der Waals surface area contributed by atoms with Crippen LogP contribution in [0, 0.1) is 0 Å². The second-order valence-corrected chi connectivity index (χ2v) is 9.41. The maximum Gasteiger partial charge on any atom is 0.213 e. The highest BCUT2D eigenvalue weighted by Crippen LogP contribution is 2.22. The fourth-order valence-electron chi connectivity index (χ4n) is 3.72. The minimum atomic E-state index is -0.0380. The summed E-state index contributed by atoms with van der Waals surface area (Å²) in [4.78, 5) is 11.1. The maximum absolute atomic E-state index is 6.11. The Balaban J connectivity index is 0.00000385. The molecular weight excluding hydrogens is 529 g/mol. The van der Waals surface area contributed by atoms with Crippen LogP contribution in [-0.4, -0.2) is 55.2 Å². The van der Waals surface area contributed by atoms with E-state index in [9.17, 15) is 0 Å². The molecule has 0 saturated carbocycles. The summed E-state index contributed by atoms with van der Waals surface area (Å²) in [6, 6.07) is 10.7. The second kappa shape index (κ2) is 13.9. The number of oxazole rings is 1. The molecule has 8 heteroatoms. The molecule has 33 heavy (non-hydrogen) atoms. The Morgan fingerprint density at radius 3 is 2.55 bits per heavy atom. The zero-order chi connectivity index (χ0) is 22.8. The summed E-state index contributed by atoms with van der Waals surface area (Å²) in [7, 11) is 1.77. The van der Waals surface area contributed by atoms with Gasteiger partial charge < -0.3 is 19.8 Å². The van der Waals surface area contributed by atoms with Crippen LogP contribution in [0.25, 0.3) is 0 Å². The van der Waals surface area contributed by atoms with E-state index in [0.29, 0.717) is 18.5 Å². The molecule has 1 aliphatic heterocycles. The standard InChI is InChI=1S/C25H39N5O2.HI/c1-25(2,3)22-17-28-23(32-22)18-29-24(26-4)27-13-8-16-31-21-11-14-30(15-12-21)19-20-9-6-5-7-10-20;/h5-7,9-10,17,21H,8,11-16,18-19H2,1-4H3,(H2,26,27,29);1H. The SMILES string of the molecule is CN=C(NCCCOC1CCN(Cc2ccccc2)CC1)NCc1ncc(C(C)(C)C)o1.I. The lowest BCUT2D eigenvalue weighted by atomic mass is 9.94. The summed E-state index contributed by atoms with van der Waals surface area (Å²) in [5.74, 6) is 2.30. The van der Waals surface area contributed by atoms with Gasteiger partial charge in [-0.05, 0) is 24.8 Å². The summed E-state index contributed by atoms with van der Waals surface area (Å²) in [5.41, 5.74) is 1.35. The van der Waals surface area contributed by atoms with Crippen molar-refractivity contribution in [3.8, 4) is 0 Å². The summed E-state index contributed by atoms with van der Waals surface area (Å²) in [5, 5.41) is 6.58. The smallest absolute Gasteiger partial charge is 0.213 e. The lowest BCUT2D eigenvalue weighted by Crippen LogP contribution is -2.38. The number of nitrogens with zero attached hydrogens (tertiary/aromatic N) is 3. The first-order valence-corrected chi connectivity index (χ1v) is 11.7. The van der Waals surface area contributed by atoms with Gasteiger partial charge in [0.2, 0.25) is 5.89 Å². The van der Waals surface area contributed by atoms with Crippen molar-refractivity contribution in [2.75, 3.05) is 33.3 Å². The molecule has 1 saturated heterocycles. The molecule has 0 radical (unpaired) electrons. The highest BCUT2D eigenvalue weighted by molar-refractivity contribution is 14.0. The van der Waals surface area contributed by atoms with E-state index in [1.54, 1.807) is 13.2 Å². The first-order chi connectivity index (χ1) is 15.4. The number of guanidine groups is 1. The van der Waals surface area contributed by atoms with Gasteiger partial charge in [0.15, 0.2) is 5.96 Å². The average molecular weight is 570 g/mol. The van der Waals surface area contributed by atoms with Crippen molar-refractivity contribution in [1.82, 2.24) is 20.5 Å². The summed E-state index contributed by atoms with van der Waals surface area (Å²) >= 11 is 0. The van der Waals surface area contributed by atoms with Crippen molar-refractivity contribution < 1.29 is 9.15 Å². The predicted octanol–water partition coefficient (Wildman–Crippen LogP) is 4.33. The molecule has 7 nitrogen and oxygen atoms in total. The van der Waals surface area contributed by atoms with Crippen LogP contribution < -0.4 is 10.6 Å². The van der Waals surface area contributed by atoms with Gasteiger partial charge in [-0.3, -0.25) is 9.89 Å². The van der Waals surface area contributed by atoms with E-state index in [4.69, 9.17) is 9.15 Å². The molecule has 2 heterocycles. The third-order valence-electron chi connectivity index (χ3n) is 5.67. The molecule has 1 aromatic heterocycles. The van der Waals surface area contributed by atoms with Crippen LogP contribution >= 0.6 is 24.0 Å². The second-order valence-electron chi connectivity index (χ2n) is 9.41. The lowest BCUT2D eigenvalue weighted by molar-refractivity contribution is 0.00534. The molecule has 184 valence electrons. The lowest BCUT2D eigenvalue weighted by Gasteiger charge is -2.32. The van der Waals surface area contributed by atoms with Crippen LogP contribution in [0.5, 0.6) is 0 Å². The molecule has 2 N–H and O–H groups in total. The fourth-order valence-corrected chi connectivity index (χ4v) is 3.72. The number of hydrogen-bond donors (Lipinski definition) is 2. The van der Waals surface area contributed by atoms with Crippen molar-refractivity contribution in [1.29, 1.82) is 0 Å². The summed E-state index contributed by atoms with van der Waals surface area (Å²) in [6.45, 7) is 11.7. The van der Waals surface area contributed by atoms with Gasteiger partial charge in [0.05, 0.1) is 18.8 Å². The number of hydrogen-bond acceptors (Lipinski definition) is 5. The Labute approximate surface area is 215 Å². The van der Waals surface area contributed by atoms with E-state index in [-0.39, 0.29) is 29.4 Å². The molecule has 0 spiro atoms. The van der Waals surface area contributed by atoms with Crippen molar-refractivity contribution in [2.24, 2.45) is 4.99 Å². The van der Waals surface area contributed by atoms with Crippen LogP contribution in [-0.2, 0) is 23.2 Å². The zero-order valence-corrected chi connectivity index (χ0v) is 22.8. The number of rotatable bonds is 9. The van der Waals surface area contributed by atoms with Gasteiger partial charge in [0.25, 0.3) is 0 Å². The van der Waals surface area contributed by atoms with Gasteiger partial charge >= 0.3 is 0 Å². The number of likely N-dealkylation sites (tertiary alicyclic amines) is 1. The van der Waals surface area contributed by atoms with Crippen molar-refractivity contribution in [3.63, 3.8) is 0 Å². The maximum atomic E-state index is 6.11. The third-order valence-corrected chi connectivity index (χ3v) is 5.67. The average Bonchev–Trinajstić information content (AvgIpc) is 3.27. The molecule has 1 aliphatic rings. The van der Waals surface area contributed by atoms with Gasteiger partial charge in [-0.25, -0.2) is 4.98 Å². The van der Waals surface area contributed by atoms with Crippen LogP contribution in [0.3, 0.4) is 0 Å². The largest absolute Gasteiger partial charge is 0.443 e. The van der Waals surface area contributed by atoms with Crippen LogP contribution in [0.15, 0.2) is 45.9 Å². The van der Waals surface area contributed by atoms with E-state index < -0.39 is 0 Å². The topological polar surface area (TPSA) is 74.9 Å². The number of aliphatic imine (C=N–C) groups is 1. The highest BCUT2D eigenvalue weighted by Gasteiger charge is 2.20. The Bertz CT molecular complexity index is 827. The van der Waals surface area contributed by atoms with Gasteiger partial charge in [-0.1, -0.05) is 51.1 Å². The number of piperidine rings is 1. The number of nitrogens with one attached hydrogen (secondary N) is 2. The van der Waals surface area contributed by atoms with Crippen LogP contribution in [0.4, 0.5) is 0 Å². The minimum absolute atomic E-state index is 0. The van der Waals surface area contributed by atoms with E-state index in [1.807, 2.05) is 0 Å². The molecule has 0 unspecified atom stereocenters. The van der Waals surface area contributed by atoms with Crippen LogP contribution in [0.1, 0.15) is 57.2 Å². The Hall–Kier alpha value is -1.65. The monoisotopic (exact) mass is 569 g/mol. The molecule has 1 fully saturated rings. The van der Waals surface area contributed by atoms with Crippen LogP contribution in [0.2, 0.25) is 0 Å². The van der Waals surface area contributed by atoms with Crippen molar-refractivity contribution >= 4 is 29.9 Å². The number of aromatic nitrogens is 1. The van der Waals surface area contributed by atoms with Crippen molar-refractivity contribution in [2.45, 2.75) is 64.6 Å². The number of halogens is 1. The summed E-state index contributed by atoms with van der Waals surface area (Å²) in [6.07, 6.45) is 5.34. The molecule has 2 aromatic rings. The van der Waals surface area contributed by atoms with E-state index in [0.717, 1.165) is 63.8 Å². The first kappa shape index (κ1) is 27.6. The van der Waals surface area contributed by atoms with Gasteiger partial charge in [0, 0.05) is 45.2 Å². The normalized spacial score (nSPS) is 15.8. The molecule has 3 rings (SSSR count).